The van der Waals surface area contributed by atoms with Gasteiger partial charge in [0.05, 0.1) is 36.8 Å². The summed E-state index contributed by atoms with van der Waals surface area (Å²) in [6.45, 7) is 4.08. The van der Waals surface area contributed by atoms with E-state index in [9.17, 15) is 4.79 Å². The number of esters is 1. The van der Waals surface area contributed by atoms with Gasteiger partial charge in [-0.25, -0.2) is 0 Å². The summed E-state index contributed by atoms with van der Waals surface area (Å²) < 4.78 is 10.4. The fourth-order valence-electron chi connectivity index (χ4n) is 1.40. The molecular weight excluding hydrogens is 256 g/mol. The van der Waals surface area contributed by atoms with Gasteiger partial charge in [0.15, 0.2) is 0 Å². The molecular formula is C15H20N2O3. The first kappa shape index (κ1) is 15.8. The van der Waals surface area contributed by atoms with Crippen molar-refractivity contribution in [2.75, 3.05) is 18.9 Å². The lowest BCUT2D eigenvalue weighted by molar-refractivity contribution is -0.144. The molecule has 0 aliphatic heterocycles. The third kappa shape index (κ3) is 5.61. The Bertz CT molecular complexity index is 492. The minimum Gasteiger partial charge on any atom is -0.491 e. The highest BCUT2D eigenvalue weighted by Crippen LogP contribution is 2.20. The Hall–Kier alpha value is -2.22. The van der Waals surface area contributed by atoms with Crippen LogP contribution < -0.4 is 10.5 Å². The number of hydrogen-bond acceptors (Lipinski definition) is 5. The van der Waals surface area contributed by atoms with Crippen molar-refractivity contribution in [2.24, 2.45) is 5.41 Å². The van der Waals surface area contributed by atoms with Crippen LogP contribution in [0.15, 0.2) is 24.3 Å². The Kier molecular flexibility index (Phi) is 5.85. The van der Waals surface area contributed by atoms with E-state index in [0.717, 1.165) is 0 Å². The first-order valence-electron chi connectivity index (χ1n) is 6.49. The number of nitrogen functional groups attached to an aromatic ring is 1. The molecule has 0 saturated heterocycles. The minimum atomic E-state index is -0.477. The van der Waals surface area contributed by atoms with E-state index in [2.05, 4.69) is 6.07 Å². The number of nitrogens with two attached hydrogens (primary N) is 1. The zero-order valence-corrected chi connectivity index (χ0v) is 11.9. The minimum absolute atomic E-state index is 0.154. The van der Waals surface area contributed by atoms with Crippen molar-refractivity contribution in [1.29, 1.82) is 5.26 Å². The molecule has 1 aromatic rings. The second kappa shape index (κ2) is 7.39. The van der Waals surface area contributed by atoms with E-state index in [0.29, 0.717) is 17.9 Å². The second-order valence-corrected chi connectivity index (χ2v) is 5.10. The van der Waals surface area contributed by atoms with Crippen molar-refractivity contribution in [3.05, 3.63) is 24.3 Å². The molecule has 0 amide bonds. The van der Waals surface area contributed by atoms with E-state index in [-0.39, 0.29) is 25.6 Å². The van der Waals surface area contributed by atoms with Gasteiger partial charge in [0, 0.05) is 0 Å². The molecule has 0 unspecified atom stereocenters. The molecule has 0 saturated carbocycles. The van der Waals surface area contributed by atoms with Gasteiger partial charge in [0.25, 0.3) is 0 Å². The summed E-state index contributed by atoms with van der Waals surface area (Å²) in [5, 5.41) is 8.83. The summed E-state index contributed by atoms with van der Waals surface area (Å²) in [5.74, 6) is 0.221. The maximum atomic E-state index is 11.5. The monoisotopic (exact) mass is 276 g/mol. The summed E-state index contributed by atoms with van der Waals surface area (Å²) in [5.41, 5.74) is 5.77. The second-order valence-electron chi connectivity index (χ2n) is 5.10. The molecule has 1 aromatic carbocycles. The van der Waals surface area contributed by atoms with Crippen molar-refractivity contribution in [3.63, 3.8) is 0 Å². The molecule has 0 fully saturated rings. The van der Waals surface area contributed by atoms with Gasteiger partial charge in [-0.2, -0.15) is 5.26 Å². The molecule has 0 aliphatic rings. The number of nitrogens with zero attached hydrogens (tertiary/aromatic N) is 1. The Labute approximate surface area is 119 Å². The van der Waals surface area contributed by atoms with Crippen molar-refractivity contribution in [1.82, 2.24) is 0 Å². The topological polar surface area (TPSA) is 85.3 Å². The summed E-state index contributed by atoms with van der Waals surface area (Å²) >= 11 is 0. The van der Waals surface area contributed by atoms with E-state index in [1.807, 2.05) is 26.0 Å². The van der Waals surface area contributed by atoms with Crippen LogP contribution in [0, 0.1) is 16.7 Å². The van der Waals surface area contributed by atoms with Crippen LogP contribution in [0.3, 0.4) is 0 Å². The predicted molar refractivity (Wildman–Crippen MR) is 75.9 cm³/mol. The van der Waals surface area contributed by atoms with Crippen LogP contribution in [0.5, 0.6) is 5.75 Å². The zero-order chi connectivity index (χ0) is 15.0. The maximum absolute atomic E-state index is 11.5. The largest absolute Gasteiger partial charge is 0.491 e. The van der Waals surface area contributed by atoms with Gasteiger partial charge < -0.3 is 15.2 Å². The SMILES string of the molecule is CC(C)(C#N)CCOC(=O)CCOc1ccccc1N. The number of nitriles is 1. The van der Waals surface area contributed by atoms with Gasteiger partial charge >= 0.3 is 5.97 Å². The highest BCUT2D eigenvalue weighted by Gasteiger charge is 2.17. The molecule has 0 heterocycles. The summed E-state index contributed by atoms with van der Waals surface area (Å²) in [4.78, 5) is 11.5. The molecule has 2 N–H and O–H groups in total. The van der Waals surface area contributed by atoms with E-state index >= 15 is 0 Å². The van der Waals surface area contributed by atoms with Crippen LogP contribution in [0.25, 0.3) is 0 Å². The number of anilines is 1. The quantitative estimate of drug-likeness (QED) is 0.611. The van der Waals surface area contributed by atoms with Crippen molar-refractivity contribution in [3.8, 4) is 11.8 Å². The van der Waals surface area contributed by atoms with Crippen molar-refractivity contribution in [2.45, 2.75) is 26.7 Å². The highest BCUT2D eigenvalue weighted by atomic mass is 16.5. The van der Waals surface area contributed by atoms with Crippen LogP contribution in [-0.4, -0.2) is 19.2 Å². The standard InChI is InChI=1S/C15H20N2O3/c1-15(2,11-16)8-10-20-14(18)7-9-19-13-6-4-3-5-12(13)17/h3-6H,7-10,17H2,1-2H3. The Morgan fingerprint density at radius 1 is 1.35 bits per heavy atom. The van der Waals surface area contributed by atoms with Gasteiger partial charge in [0.1, 0.15) is 5.75 Å². The van der Waals surface area contributed by atoms with Crippen LogP contribution in [0.1, 0.15) is 26.7 Å². The van der Waals surface area contributed by atoms with Crippen LogP contribution in [0.2, 0.25) is 0 Å². The predicted octanol–water partition coefficient (Wildman–Crippen LogP) is 2.52. The Morgan fingerprint density at radius 2 is 2.05 bits per heavy atom. The summed E-state index contributed by atoms with van der Waals surface area (Å²) in [6, 6.07) is 9.26. The Balaban J connectivity index is 2.21. The number of ether oxygens (including phenoxy) is 2. The highest BCUT2D eigenvalue weighted by molar-refractivity contribution is 5.69. The zero-order valence-electron chi connectivity index (χ0n) is 11.9. The number of benzene rings is 1. The average molecular weight is 276 g/mol. The van der Waals surface area contributed by atoms with Gasteiger partial charge in [-0.3, -0.25) is 4.79 Å². The fraction of sp³-hybridized carbons (Fsp3) is 0.467. The van der Waals surface area contributed by atoms with Gasteiger partial charge in [-0.1, -0.05) is 12.1 Å². The first-order chi connectivity index (χ1) is 9.44. The molecule has 0 radical (unpaired) electrons. The van der Waals surface area contributed by atoms with Crippen molar-refractivity contribution >= 4 is 11.7 Å². The van der Waals surface area contributed by atoms with Gasteiger partial charge in [-0.15, -0.1) is 0 Å². The summed E-state index contributed by atoms with van der Waals surface area (Å²) in [7, 11) is 0. The molecule has 0 aliphatic carbocycles. The molecule has 5 nitrogen and oxygen atoms in total. The Morgan fingerprint density at radius 3 is 2.70 bits per heavy atom. The number of para-hydroxylation sites is 2. The lowest BCUT2D eigenvalue weighted by Crippen LogP contribution is -2.16. The normalized spacial score (nSPS) is 10.7. The first-order valence-corrected chi connectivity index (χ1v) is 6.49. The van der Waals surface area contributed by atoms with Gasteiger partial charge in [-0.05, 0) is 32.4 Å². The van der Waals surface area contributed by atoms with Crippen molar-refractivity contribution < 1.29 is 14.3 Å². The third-order valence-corrected chi connectivity index (χ3v) is 2.78. The number of hydrogen-bond donors (Lipinski definition) is 1. The van der Waals surface area contributed by atoms with Gasteiger partial charge in [0.2, 0.25) is 0 Å². The molecule has 108 valence electrons. The van der Waals surface area contributed by atoms with Crippen LogP contribution in [0.4, 0.5) is 5.69 Å². The smallest absolute Gasteiger partial charge is 0.309 e. The molecule has 5 heteroatoms. The number of rotatable bonds is 7. The molecule has 0 bridgehead atoms. The lowest BCUT2D eigenvalue weighted by Gasteiger charge is -2.14. The maximum Gasteiger partial charge on any atom is 0.309 e. The van der Waals surface area contributed by atoms with E-state index < -0.39 is 5.41 Å². The van der Waals surface area contributed by atoms with Crippen LogP contribution in [-0.2, 0) is 9.53 Å². The molecule has 0 spiro atoms. The molecule has 0 aromatic heterocycles. The molecule has 1 rings (SSSR count). The third-order valence-electron chi connectivity index (χ3n) is 2.78. The summed E-state index contributed by atoms with van der Waals surface area (Å²) in [6.07, 6.45) is 0.670. The molecule has 0 atom stereocenters. The molecule has 20 heavy (non-hydrogen) atoms. The van der Waals surface area contributed by atoms with E-state index in [1.54, 1.807) is 12.1 Å². The lowest BCUT2D eigenvalue weighted by atomic mass is 9.92. The number of carbonyl (C=O) groups excluding carboxylic acids is 1. The van der Waals surface area contributed by atoms with E-state index in [4.69, 9.17) is 20.5 Å². The fourth-order valence-corrected chi connectivity index (χ4v) is 1.40. The van der Waals surface area contributed by atoms with E-state index in [1.165, 1.54) is 0 Å². The number of carbonyl (C=O) groups is 1. The van der Waals surface area contributed by atoms with Crippen LogP contribution >= 0.6 is 0 Å². The average Bonchev–Trinajstić information content (AvgIpc) is 2.41.